The average Bonchev–Trinajstić information content (AvgIpc) is 2.82. The predicted octanol–water partition coefficient (Wildman–Crippen LogP) is 2.91. The van der Waals surface area contributed by atoms with Crippen LogP contribution in [0, 0.1) is 5.92 Å². The van der Waals surface area contributed by atoms with Gasteiger partial charge in [-0.2, -0.15) is 0 Å². The van der Waals surface area contributed by atoms with Crippen LogP contribution in [0.3, 0.4) is 0 Å². The summed E-state index contributed by atoms with van der Waals surface area (Å²) in [6, 6.07) is 7.76. The summed E-state index contributed by atoms with van der Waals surface area (Å²) in [5.74, 6) is 0.842. The zero-order chi connectivity index (χ0) is 12.5. The van der Waals surface area contributed by atoms with Gasteiger partial charge in [0.1, 0.15) is 0 Å². The fourth-order valence-corrected chi connectivity index (χ4v) is 3.33. The highest BCUT2D eigenvalue weighted by molar-refractivity contribution is 5.34. The number of nitrogens with one attached hydrogen (secondary N) is 1. The molecule has 0 amide bonds. The third-order valence-corrected chi connectivity index (χ3v) is 4.79. The van der Waals surface area contributed by atoms with Gasteiger partial charge >= 0.3 is 0 Å². The van der Waals surface area contributed by atoms with Crippen molar-refractivity contribution in [3.8, 4) is 0 Å². The molecule has 2 heteroatoms. The summed E-state index contributed by atoms with van der Waals surface area (Å²) in [5, 5.41) is 3.42. The lowest BCUT2D eigenvalue weighted by Crippen LogP contribution is -2.41. The Morgan fingerprint density at radius 1 is 1.22 bits per heavy atom. The number of fused-ring (bicyclic) bond motifs is 1. The SMILES string of the molecule is CC1CCCN(Cc2ccc3c(c2)CNC3)C1C. The van der Waals surface area contributed by atoms with E-state index in [1.165, 1.54) is 36.1 Å². The molecule has 2 nitrogen and oxygen atoms in total. The Balaban J connectivity index is 1.72. The zero-order valence-corrected chi connectivity index (χ0v) is 11.6. The summed E-state index contributed by atoms with van der Waals surface area (Å²) < 4.78 is 0. The molecular formula is C16H24N2. The molecule has 1 saturated heterocycles. The smallest absolute Gasteiger partial charge is 0.0236 e. The molecule has 0 aromatic heterocycles. The number of nitrogens with zero attached hydrogens (tertiary/aromatic N) is 1. The second-order valence-electron chi connectivity index (χ2n) is 6.04. The first-order chi connectivity index (χ1) is 8.74. The second-order valence-corrected chi connectivity index (χ2v) is 6.04. The summed E-state index contributed by atoms with van der Waals surface area (Å²) >= 11 is 0. The Morgan fingerprint density at radius 3 is 2.94 bits per heavy atom. The Bertz CT molecular complexity index is 427. The van der Waals surface area contributed by atoms with Crippen LogP contribution in [0.5, 0.6) is 0 Å². The number of likely N-dealkylation sites (tertiary alicyclic amines) is 1. The molecule has 1 aromatic rings. The van der Waals surface area contributed by atoms with Gasteiger partial charge in [0.25, 0.3) is 0 Å². The lowest BCUT2D eigenvalue weighted by atomic mass is 9.91. The lowest BCUT2D eigenvalue weighted by molar-refractivity contribution is 0.106. The molecular weight excluding hydrogens is 220 g/mol. The first-order valence-corrected chi connectivity index (χ1v) is 7.29. The molecule has 1 aromatic carbocycles. The quantitative estimate of drug-likeness (QED) is 0.860. The highest BCUT2D eigenvalue weighted by Gasteiger charge is 2.24. The lowest BCUT2D eigenvalue weighted by Gasteiger charge is -2.38. The number of benzene rings is 1. The maximum absolute atomic E-state index is 3.42. The highest BCUT2D eigenvalue weighted by Crippen LogP contribution is 2.25. The Morgan fingerprint density at radius 2 is 2.06 bits per heavy atom. The highest BCUT2D eigenvalue weighted by atomic mass is 15.2. The molecule has 3 rings (SSSR count). The van der Waals surface area contributed by atoms with Crippen molar-refractivity contribution < 1.29 is 0 Å². The van der Waals surface area contributed by atoms with E-state index < -0.39 is 0 Å². The predicted molar refractivity (Wildman–Crippen MR) is 75.3 cm³/mol. The minimum atomic E-state index is 0.727. The van der Waals surface area contributed by atoms with E-state index in [1.807, 2.05) is 0 Å². The van der Waals surface area contributed by atoms with Gasteiger partial charge in [0.05, 0.1) is 0 Å². The summed E-state index contributed by atoms with van der Waals surface area (Å²) in [6.45, 7) is 9.27. The molecule has 2 atom stereocenters. The monoisotopic (exact) mass is 244 g/mol. The van der Waals surface area contributed by atoms with Crippen molar-refractivity contribution in [2.24, 2.45) is 5.92 Å². The number of piperidine rings is 1. The van der Waals surface area contributed by atoms with Crippen molar-refractivity contribution in [2.75, 3.05) is 6.54 Å². The molecule has 0 saturated carbocycles. The molecule has 2 aliphatic heterocycles. The summed E-state index contributed by atoms with van der Waals surface area (Å²) in [5.41, 5.74) is 4.47. The number of hydrogen-bond acceptors (Lipinski definition) is 2. The third-order valence-electron chi connectivity index (χ3n) is 4.79. The largest absolute Gasteiger partial charge is 0.309 e. The zero-order valence-electron chi connectivity index (χ0n) is 11.6. The number of rotatable bonds is 2. The summed E-state index contributed by atoms with van der Waals surface area (Å²) in [6.07, 6.45) is 2.75. The third kappa shape index (κ3) is 2.32. The molecule has 2 heterocycles. The van der Waals surface area contributed by atoms with Gasteiger partial charge < -0.3 is 5.32 Å². The van der Waals surface area contributed by atoms with Gasteiger partial charge in [0.2, 0.25) is 0 Å². The molecule has 18 heavy (non-hydrogen) atoms. The number of hydrogen-bond donors (Lipinski definition) is 1. The normalized spacial score (nSPS) is 28.3. The van der Waals surface area contributed by atoms with Crippen LogP contribution in [0.4, 0.5) is 0 Å². The van der Waals surface area contributed by atoms with E-state index in [-0.39, 0.29) is 0 Å². The molecule has 0 spiro atoms. The van der Waals surface area contributed by atoms with E-state index in [4.69, 9.17) is 0 Å². The van der Waals surface area contributed by atoms with Crippen molar-refractivity contribution in [3.63, 3.8) is 0 Å². The van der Waals surface area contributed by atoms with Crippen LogP contribution in [0.25, 0.3) is 0 Å². The van der Waals surface area contributed by atoms with E-state index in [2.05, 4.69) is 42.3 Å². The molecule has 1 fully saturated rings. The van der Waals surface area contributed by atoms with Gasteiger partial charge in [-0.15, -0.1) is 0 Å². The molecule has 0 bridgehead atoms. The Hall–Kier alpha value is -0.860. The Kier molecular flexibility index (Phi) is 3.40. The molecule has 0 aliphatic carbocycles. The average molecular weight is 244 g/mol. The van der Waals surface area contributed by atoms with Crippen molar-refractivity contribution in [3.05, 3.63) is 34.9 Å². The minimum absolute atomic E-state index is 0.727. The van der Waals surface area contributed by atoms with Crippen LogP contribution in [0.2, 0.25) is 0 Å². The maximum Gasteiger partial charge on any atom is 0.0236 e. The molecule has 2 aliphatic rings. The van der Waals surface area contributed by atoms with Crippen LogP contribution >= 0.6 is 0 Å². The van der Waals surface area contributed by atoms with Gasteiger partial charge in [-0.25, -0.2) is 0 Å². The molecule has 98 valence electrons. The van der Waals surface area contributed by atoms with Gasteiger partial charge in [-0.05, 0) is 48.9 Å². The first-order valence-electron chi connectivity index (χ1n) is 7.29. The fraction of sp³-hybridized carbons (Fsp3) is 0.625. The van der Waals surface area contributed by atoms with Crippen LogP contribution in [-0.4, -0.2) is 17.5 Å². The topological polar surface area (TPSA) is 15.3 Å². The van der Waals surface area contributed by atoms with Crippen molar-refractivity contribution in [1.29, 1.82) is 0 Å². The van der Waals surface area contributed by atoms with Crippen molar-refractivity contribution in [1.82, 2.24) is 10.2 Å². The Labute approximate surface area is 110 Å². The van der Waals surface area contributed by atoms with E-state index in [0.29, 0.717) is 0 Å². The summed E-state index contributed by atoms with van der Waals surface area (Å²) in [4.78, 5) is 2.65. The molecule has 1 N–H and O–H groups in total. The summed E-state index contributed by atoms with van der Waals surface area (Å²) in [7, 11) is 0. The van der Waals surface area contributed by atoms with Crippen molar-refractivity contribution in [2.45, 2.75) is 52.4 Å². The van der Waals surface area contributed by atoms with Crippen molar-refractivity contribution >= 4 is 0 Å². The minimum Gasteiger partial charge on any atom is -0.309 e. The van der Waals surface area contributed by atoms with Gasteiger partial charge in [0.15, 0.2) is 0 Å². The van der Waals surface area contributed by atoms with Gasteiger partial charge in [-0.3, -0.25) is 4.90 Å². The van der Waals surface area contributed by atoms with Crippen LogP contribution in [-0.2, 0) is 19.6 Å². The van der Waals surface area contributed by atoms with Crippen LogP contribution < -0.4 is 5.32 Å². The van der Waals surface area contributed by atoms with Crippen LogP contribution in [0.15, 0.2) is 18.2 Å². The van der Waals surface area contributed by atoms with E-state index in [0.717, 1.165) is 31.6 Å². The van der Waals surface area contributed by atoms with E-state index >= 15 is 0 Å². The molecule has 2 unspecified atom stereocenters. The second kappa shape index (κ2) is 5.02. The van der Waals surface area contributed by atoms with E-state index in [9.17, 15) is 0 Å². The van der Waals surface area contributed by atoms with Gasteiger partial charge in [0, 0.05) is 25.7 Å². The standard InChI is InChI=1S/C16H24N2/c1-12-4-3-7-18(13(12)2)11-14-5-6-15-9-17-10-16(15)8-14/h5-6,8,12-13,17H,3-4,7,9-11H2,1-2H3. The van der Waals surface area contributed by atoms with Crippen LogP contribution in [0.1, 0.15) is 43.4 Å². The fourth-order valence-electron chi connectivity index (χ4n) is 3.33. The molecule has 0 radical (unpaired) electrons. The van der Waals surface area contributed by atoms with Gasteiger partial charge in [-0.1, -0.05) is 25.1 Å². The van der Waals surface area contributed by atoms with E-state index in [1.54, 1.807) is 0 Å². The maximum atomic E-state index is 3.42. The first kappa shape index (κ1) is 12.2.